The standard InChI is InChI=1S/C9H17N/c1-7-4-5-9(3)6-8(2)10(7)9/h7-8H,4-6H2,1-3H3. The van der Waals surface area contributed by atoms with Crippen LogP contribution in [0.3, 0.4) is 0 Å². The molecule has 2 fully saturated rings. The van der Waals surface area contributed by atoms with Gasteiger partial charge in [-0.15, -0.1) is 0 Å². The summed E-state index contributed by atoms with van der Waals surface area (Å²) in [5, 5.41) is 0. The molecule has 0 aliphatic carbocycles. The zero-order valence-electron chi connectivity index (χ0n) is 7.22. The number of nitrogens with zero attached hydrogens (tertiary/aromatic N) is 1. The zero-order valence-corrected chi connectivity index (χ0v) is 7.22. The van der Waals surface area contributed by atoms with Crippen molar-refractivity contribution < 1.29 is 0 Å². The first-order valence-electron chi connectivity index (χ1n) is 4.42. The summed E-state index contributed by atoms with van der Waals surface area (Å²) in [6.45, 7) is 7.13. The molecule has 0 aromatic rings. The molecule has 58 valence electrons. The van der Waals surface area contributed by atoms with Crippen LogP contribution >= 0.6 is 0 Å². The van der Waals surface area contributed by atoms with Crippen molar-refractivity contribution in [3.63, 3.8) is 0 Å². The van der Waals surface area contributed by atoms with Crippen LogP contribution in [0.2, 0.25) is 0 Å². The van der Waals surface area contributed by atoms with Crippen LogP contribution in [0.5, 0.6) is 0 Å². The van der Waals surface area contributed by atoms with Gasteiger partial charge in [0.05, 0.1) is 0 Å². The van der Waals surface area contributed by atoms with Crippen LogP contribution in [0.15, 0.2) is 0 Å². The predicted octanol–water partition coefficient (Wildman–Crippen LogP) is 2.02. The fraction of sp³-hybridized carbons (Fsp3) is 1.00. The van der Waals surface area contributed by atoms with Gasteiger partial charge in [0.1, 0.15) is 0 Å². The summed E-state index contributed by atoms with van der Waals surface area (Å²) in [5.74, 6) is 0. The molecule has 0 N–H and O–H groups in total. The lowest BCUT2D eigenvalue weighted by molar-refractivity contribution is -0.0389. The summed E-state index contributed by atoms with van der Waals surface area (Å²) in [7, 11) is 0. The third-order valence-electron chi connectivity index (χ3n) is 3.41. The molecule has 2 rings (SSSR count). The molecule has 0 bridgehead atoms. The molecule has 0 aromatic carbocycles. The topological polar surface area (TPSA) is 3.24 Å². The lowest BCUT2D eigenvalue weighted by Gasteiger charge is -2.53. The van der Waals surface area contributed by atoms with Crippen molar-refractivity contribution in [2.45, 2.75) is 57.7 Å². The smallest absolute Gasteiger partial charge is 0.0202 e. The van der Waals surface area contributed by atoms with Crippen LogP contribution in [-0.2, 0) is 0 Å². The van der Waals surface area contributed by atoms with Crippen LogP contribution < -0.4 is 0 Å². The van der Waals surface area contributed by atoms with Crippen molar-refractivity contribution in [2.24, 2.45) is 0 Å². The third-order valence-corrected chi connectivity index (χ3v) is 3.41. The van der Waals surface area contributed by atoms with E-state index in [1.165, 1.54) is 19.3 Å². The van der Waals surface area contributed by atoms with Gasteiger partial charge in [-0.3, -0.25) is 4.90 Å². The van der Waals surface area contributed by atoms with Gasteiger partial charge in [-0.05, 0) is 40.0 Å². The largest absolute Gasteiger partial charge is 0.292 e. The van der Waals surface area contributed by atoms with Crippen LogP contribution in [-0.4, -0.2) is 22.5 Å². The highest BCUT2D eigenvalue weighted by molar-refractivity contribution is 5.07. The normalized spacial score (nSPS) is 54.3. The quantitative estimate of drug-likeness (QED) is 0.496. The Morgan fingerprint density at radius 3 is 2.40 bits per heavy atom. The molecule has 0 aromatic heterocycles. The van der Waals surface area contributed by atoms with Crippen molar-refractivity contribution in [1.29, 1.82) is 0 Å². The van der Waals surface area contributed by atoms with E-state index < -0.39 is 0 Å². The minimum atomic E-state index is 0.610. The first-order valence-corrected chi connectivity index (χ1v) is 4.42. The Morgan fingerprint density at radius 1 is 1.30 bits per heavy atom. The number of hydrogen-bond donors (Lipinski definition) is 0. The van der Waals surface area contributed by atoms with Gasteiger partial charge in [0.15, 0.2) is 0 Å². The van der Waals surface area contributed by atoms with Crippen molar-refractivity contribution in [1.82, 2.24) is 4.90 Å². The average Bonchev–Trinajstić information content (AvgIpc) is 2.03. The van der Waals surface area contributed by atoms with Gasteiger partial charge < -0.3 is 0 Å². The molecule has 0 radical (unpaired) electrons. The van der Waals surface area contributed by atoms with Gasteiger partial charge in [-0.2, -0.15) is 0 Å². The van der Waals surface area contributed by atoms with E-state index in [0.717, 1.165) is 12.1 Å². The summed E-state index contributed by atoms with van der Waals surface area (Å²) in [6.07, 6.45) is 4.27. The van der Waals surface area contributed by atoms with Crippen molar-refractivity contribution >= 4 is 0 Å². The second-order valence-electron chi connectivity index (χ2n) is 4.35. The molecule has 2 aliphatic rings. The van der Waals surface area contributed by atoms with E-state index in [9.17, 15) is 0 Å². The fourth-order valence-corrected chi connectivity index (χ4v) is 3.12. The third kappa shape index (κ3) is 0.619. The summed E-state index contributed by atoms with van der Waals surface area (Å²) < 4.78 is 0. The van der Waals surface area contributed by atoms with Crippen LogP contribution in [0.4, 0.5) is 0 Å². The van der Waals surface area contributed by atoms with E-state index in [0.29, 0.717) is 5.54 Å². The van der Waals surface area contributed by atoms with Crippen LogP contribution in [0.25, 0.3) is 0 Å². The highest BCUT2D eigenvalue weighted by Crippen LogP contribution is 2.47. The van der Waals surface area contributed by atoms with Gasteiger partial charge in [0, 0.05) is 17.6 Å². The molecule has 2 heterocycles. The Bertz CT molecular complexity index is 151. The molecule has 2 saturated heterocycles. The molecule has 0 spiro atoms. The second-order valence-corrected chi connectivity index (χ2v) is 4.35. The van der Waals surface area contributed by atoms with Gasteiger partial charge in [-0.1, -0.05) is 0 Å². The first-order chi connectivity index (χ1) is 4.63. The Labute approximate surface area is 63.4 Å². The van der Waals surface area contributed by atoms with Crippen molar-refractivity contribution in [3.05, 3.63) is 0 Å². The zero-order chi connectivity index (χ0) is 7.35. The minimum absolute atomic E-state index is 0.610. The predicted molar refractivity (Wildman–Crippen MR) is 43.0 cm³/mol. The molecule has 3 atom stereocenters. The van der Waals surface area contributed by atoms with Crippen molar-refractivity contribution in [2.75, 3.05) is 0 Å². The molecular weight excluding hydrogens is 122 g/mol. The second kappa shape index (κ2) is 1.76. The van der Waals surface area contributed by atoms with E-state index in [1.54, 1.807) is 0 Å². The Balaban J connectivity index is 2.16. The maximum absolute atomic E-state index is 2.69. The van der Waals surface area contributed by atoms with E-state index in [2.05, 4.69) is 25.7 Å². The fourth-order valence-electron chi connectivity index (χ4n) is 3.12. The Hall–Kier alpha value is -0.0400. The van der Waals surface area contributed by atoms with Gasteiger partial charge in [0.25, 0.3) is 0 Å². The van der Waals surface area contributed by atoms with Crippen LogP contribution in [0.1, 0.15) is 40.0 Å². The maximum atomic E-state index is 2.69. The van der Waals surface area contributed by atoms with E-state index in [-0.39, 0.29) is 0 Å². The molecule has 1 heteroatoms. The lowest BCUT2D eigenvalue weighted by atomic mass is 9.81. The summed E-state index contributed by atoms with van der Waals surface area (Å²) >= 11 is 0. The maximum Gasteiger partial charge on any atom is 0.0202 e. The average molecular weight is 139 g/mol. The van der Waals surface area contributed by atoms with Gasteiger partial charge in [-0.25, -0.2) is 0 Å². The van der Waals surface area contributed by atoms with E-state index in [4.69, 9.17) is 0 Å². The number of fused-ring (bicyclic) bond motifs is 1. The molecule has 1 nitrogen and oxygen atoms in total. The first kappa shape index (κ1) is 6.66. The molecular formula is C9H17N. The molecule has 0 saturated carbocycles. The summed E-state index contributed by atoms with van der Waals surface area (Å²) in [5.41, 5.74) is 0.610. The van der Waals surface area contributed by atoms with Crippen LogP contribution in [0, 0.1) is 0 Å². The van der Waals surface area contributed by atoms with Gasteiger partial charge in [0.2, 0.25) is 0 Å². The summed E-state index contributed by atoms with van der Waals surface area (Å²) in [6, 6.07) is 1.72. The number of hydrogen-bond acceptors (Lipinski definition) is 1. The van der Waals surface area contributed by atoms with E-state index in [1.807, 2.05) is 0 Å². The molecule has 3 unspecified atom stereocenters. The number of rotatable bonds is 0. The SMILES string of the molecule is CC1CCC2(C)CC(C)N12. The summed E-state index contributed by atoms with van der Waals surface area (Å²) in [4.78, 5) is 2.69. The van der Waals surface area contributed by atoms with E-state index >= 15 is 0 Å². The Morgan fingerprint density at radius 2 is 2.00 bits per heavy atom. The highest BCUT2D eigenvalue weighted by Gasteiger charge is 2.51. The monoisotopic (exact) mass is 139 g/mol. The highest BCUT2D eigenvalue weighted by atomic mass is 15.3. The van der Waals surface area contributed by atoms with Crippen molar-refractivity contribution in [3.8, 4) is 0 Å². The van der Waals surface area contributed by atoms with Gasteiger partial charge >= 0.3 is 0 Å². The minimum Gasteiger partial charge on any atom is -0.292 e. The lowest BCUT2D eigenvalue weighted by Crippen LogP contribution is -2.61. The molecule has 0 amide bonds. The molecule has 2 aliphatic heterocycles. The molecule has 10 heavy (non-hydrogen) atoms. The Kier molecular flexibility index (Phi) is 1.17.